The van der Waals surface area contributed by atoms with Crippen molar-refractivity contribution in [3.8, 4) is 5.75 Å². The molecule has 1 heterocycles. The Balaban J connectivity index is 1.80. The van der Waals surface area contributed by atoms with Gasteiger partial charge < -0.3 is 9.30 Å². The van der Waals surface area contributed by atoms with Crippen LogP contribution in [0.25, 0.3) is 10.9 Å². The minimum atomic E-state index is -0.223. The molecule has 0 radical (unpaired) electrons. The van der Waals surface area contributed by atoms with E-state index in [0.717, 1.165) is 27.9 Å². The number of hydrogen-bond donors (Lipinski definition) is 1. The number of ether oxygens (including phenoxy) is 1. The van der Waals surface area contributed by atoms with Crippen molar-refractivity contribution in [2.75, 3.05) is 7.11 Å². The number of amides is 1. The van der Waals surface area contributed by atoms with Crippen molar-refractivity contribution in [3.05, 3.63) is 65.9 Å². The summed E-state index contributed by atoms with van der Waals surface area (Å²) in [5, 5.41) is 5.12. The first-order valence-corrected chi connectivity index (χ1v) is 7.63. The lowest BCUT2D eigenvalue weighted by Gasteiger charge is -2.04. The second-order valence-electron chi connectivity index (χ2n) is 5.54. The van der Waals surface area contributed by atoms with Crippen LogP contribution < -0.4 is 10.2 Å². The molecule has 122 valence electrons. The molecule has 0 aliphatic heterocycles. The summed E-state index contributed by atoms with van der Waals surface area (Å²) in [7, 11) is 3.55. The first kappa shape index (κ1) is 15.8. The van der Waals surface area contributed by atoms with Gasteiger partial charge in [0.05, 0.1) is 18.4 Å². The number of carbonyl (C=O) groups excluding carboxylic acids is 1. The maximum Gasteiger partial charge on any atom is 0.273 e. The zero-order chi connectivity index (χ0) is 17.1. The minimum Gasteiger partial charge on any atom is -0.497 e. The average molecular weight is 321 g/mol. The molecule has 0 atom stereocenters. The van der Waals surface area contributed by atoms with Gasteiger partial charge in [-0.2, -0.15) is 5.10 Å². The first-order valence-electron chi connectivity index (χ1n) is 7.63. The van der Waals surface area contributed by atoms with Gasteiger partial charge in [0.2, 0.25) is 0 Å². The third kappa shape index (κ3) is 3.01. The van der Waals surface area contributed by atoms with Crippen LogP contribution in [-0.4, -0.2) is 23.3 Å². The van der Waals surface area contributed by atoms with Gasteiger partial charge in [0, 0.05) is 24.1 Å². The molecule has 0 unspecified atom stereocenters. The SMILES string of the molecule is COc1ccc(/C(C)=N/NC(=O)c2cn(C)c3ccccc23)cc1. The summed E-state index contributed by atoms with van der Waals surface area (Å²) >= 11 is 0. The van der Waals surface area contributed by atoms with Crippen molar-refractivity contribution in [3.63, 3.8) is 0 Å². The highest BCUT2D eigenvalue weighted by atomic mass is 16.5. The summed E-state index contributed by atoms with van der Waals surface area (Å²) in [4.78, 5) is 12.5. The lowest BCUT2D eigenvalue weighted by Crippen LogP contribution is -2.19. The van der Waals surface area contributed by atoms with E-state index in [2.05, 4.69) is 10.5 Å². The molecule has 1 N–H and O–H groups in total. The van der Waals surface area contributed by atoms with E-state index in [4.69, 9.17) is 4.74 Å². The summed E-state index contributed by atoms with van der Waals surface area (Å²) < 4.78 is 7.07. The predicted octanol–water partition coefficient (Wildman–Crippen LogP) is 3.34. The van der Waals surface area contributed by atoms with Crippen molar-refractivity contribution < 1.29 is 9.53 Å². The predicted molar refractivity (Wildman–Crippen MR) is 95.6 cm³/mol. The average Bonchev–Trinajstić information content (AvgIpc) is 2.97. The van der Waals surface area contributed by atoms with Crippen LogP contribution in [0.1, 0.15) is 22.8 Å². The Morgan fingerprint density at radius 1 is 1.12 bits per heavy atom. The Bertz CT molecular complexity index is 908. The number of aromatic nitrogens is 1. The summed E-state index contributed by atoms with van der Waals surface area (Å²) in [6, 6.07) is 15.3. The Labute approximate surface area is 140 Å². The number of methoxy groups -OCH3 is 1. The highest BCUT2D eigenvalue weighted by Gasteiger charge is 2.13. The standard InChI is InChI=1S/C19H19N3O2/c1-13(14-8-10-15(24-3)11-9-14)20-21-19(23)17-12-22(2)18-7-5-4-6-16(17)18/h4-12H,1-3H3,(H,21,23)/b20-13+. The molecule has 5 heteroatoms. The van der Waals surface area contributed by atoms with E-state index < -0.39 is 0 Å². The largest absolute Gasteiger partial charge is 0.497 e. The van der Waals surface area contributed by atoms with Gasteiger partial charge in [-0.25, -0.2) is 5.43 Å². The fourth-order valence-electron chi connectivity index (χ4n) is 2.61. The zero-order valence-electron chi connectivity index (χ0n) is 13.9. The van der Waals surface area contributed by atoms with Crippen molar-refractivity contribution in [1.82, 2.24) is 9.99 Å². The number of hydrazone groups is 1. The molecule has 0 aliphatic rings. The Kier molecular flexibility index (Phi) is 4.33. The van der Waals surface area contributed by atoms with E-state index in [1.165, 1.54) is 0 Å². The number of nitrogens with zero attached hydrogens (tertiary/aromatic N) is 2. The van der Waals surface area contributed by atoms with E-state index in [1.807, 2.05) is 73.3 Å². The molecule has 0 aliphatic carbocycles. The van der Waals surface area contributed by atoms with E-state index >= 15 is 0 Å². The molecule has 3 aromatic rings. The number of benzene rings is 2. The van der Waals surface area contributed by atoms with Crippen LogP contribution >= 0.6 is 0 Å². The van der Waals surface area contributed by atoms with Crippen LogP contribution in [0.4, 0.5) is 0 Å². The van der Waals surface area contributed by atoms with Crippen molar-refractivity contribution in [2.45, 2.75) is 6.92 Å². The second-order valence-corrected chi connectivity index (χ2v) is 5.54. The van der Waals surface area contributed by atoms with E-state index in [0.29, 0.717) is 5.56 Å². The van der Waals surface area contributed by atoms with Gasteiger partial charge in [-0.1, -0.05) is 18.2 Å². The lowest BCUT2D eigenvalue weighted by molar-refractivity contribution is 0.0956. The van der Waals surface area contributed by atoms with Crippen molar-refractivity contribution in [2.24, 2.45) is 12.1 Å². The van der Waals surface area contributed by atoms with Gasteiger partial charge in [0.25, 0.3) is 5.91 Å². The summed E-state index contributed by atoms with van der Waals surface area (Å²) in [5.41, 5.74) is 5.91. The van der Waals surface area contributed by atoms with E-state index in [1.54, 1.807) is 7.11 Å². The molecule has 5 nitrogen and oxygen atoms in total. The molecule has 0 saturated carbocycles. The zero-order valence-corrected chi connectivity index (χ0v) is 13.9. The fraction of sp³-hybridized carbons (Fsp3) is 0.158. The Morgan fingerprint density at radius 2 is 1.83 bits per heavy atom. The summed E-state index contributed by atoms with van der Waals surface area (Å²) in [6.07, 6.45) is 1.82. The molecular weight excluding hydrogens is 302 g/mol. The molecular formula is C19H19N3O2. The highest BCUT2D eigenvalue weighted by Crippen LogP contribution is 2.20. The highest BCUT2D eigenvalue weighted by molar-refractivity contribution is 6.07. The number of nitrogens with one attached hydrogen (secondary N) is 1. The Hall–Kier alpha value is -3.08. The van der Waals surface area contributed by atoms with Gasteiger partial charge in [-0.15, -0.1) is 0 Å². The molecule has 0 saturated heterocycles. The third-order valence-corrected chi connectivity index (χ3v) is 3.97. The molecule has 1 amide bonds. The Morgan fingerprint density at radius 3 is 2.54 bits per heavy atom. The van der Waals surface area contributed by atoms with Crippen LogP contribution in [0.3, 0.4) is 0 Å². The molecule has 1 aromatic heterocycles. The maximum absolute atomic E-state index is 12.5. The van der Waals surface area contributed by atoms with Crippen LogP contribution in [0.5, 0.6) is 5.75 Å². The summed E-state index contributed by atoms with van der Waals surface area (Å²) in [5.74, 6) is 0.561. The van der Waals surface area contributed by atoms with Gasteiger partial charge in [0.15, 0.2) is 0 Å². The number of hydrogen-bond acceptors (Lipinski definition) is 3. The quantitative estimate of drug-likeness (QED) is 0.592. The maximum atomic E-state index is 12.5. The van der Waals surface area contributed by atoms with Crippen LogP contribution in [0.15, 0.2) is 59.8 Å². The molecule has 0 fully saturated rings. The number of aryl methyl sites for hydroxylation is 1. The lowest BCUT2D eigenvalue weighted by atomic mass is 10.1. The number of rotatable bonds is 4. The number of fused-ring (bicyclic) bond motifs is 1. The summed E-state index contributed by atoms with van der Waals surface area (Å²) in [6.45, 7) is 1.85. The molecule has 0 bridgehead atoms. The normalized spacial score (nSPS) is 11.5. The van der Waals surface area contributed by atoms with Gasteiger partial charge in [-0.05, 0) is 42.8 Å². The molecule has 2 aromatic carbocycles. The van der Waals surface area contributed by atoms with E-state index in [-0.39, 0.29) is 5.91 Å². The van der Waals surface area contributed by atoms with Gasteiger partial charge in [0.1, 0.15) is 5.75 Å². The van der Waals surface area contributed by atoms with E-state index in [9.17, 15) is 4.79 Å². The first-order chi connectivity index (χ1) is 11.6. The third-order valence-electron chi connectivity index (χ3n) is 3.97. The monoisotopic (exact) mass is 321 g/mol. The van der Waals surface area contributed by atoms with Crippen LogP contribution in [-0.2, 0) is 7.05 Å². The van der Waals surface area contributed by atoms with Gasteiger partial charge in [-0.3, -0.25) is 4.79 Å². The molecule has 24 heavy (non-hydrogen) atoms. The van der Waals surface area contributed by atoms with Crippen molar-refractivity contribution in [1.29, 1.82) is 0 Å². The number of carbonyl (C=O) groups is 1. The smallest absolute Gasteiger partial charge is 0.273 e. The van der Waals surface area contributed by atoms with Gasteiger partial charge >= 0.3 is 0 Å². The van der Waals surface area contributed by atoms with Crippen LogP contribution in [0.2, 0.25) is 0 Å². The molecule has 0 spiro atoms. The molecule has 3 rings (SSSR count). The second kappa shape index (κ2) is 6.58. The van der Waals surface area contributed by atoms with Crippen molar-refractivity contribution >= 4 is 22.5 Å². The topological polar surface area (TPSA) is 55.6 Å². The number of para-hydroxylation sites is 1. The minimum absolute atomic E-state index is 0.223. The fourth-order valence-corrected chi connectivity index (χ4v) is 2.61. The van der Waals surface area contributed by atoms with Crippen LogP contribution in [0, 0.1) is 0 Å².